The normalized spacial score (nSPS) is 12.6. The van der Waals surface area contributed by atoms with Gasteiger partial charge in [-0.1, -0.05) is 225 Å². The van der Waals surface area contributed by atoms with E-state index in [0.717, 1.165) is 31.6 Å². The van der Waals surface area contributed by atoms with Crippen LogP contribution < -0.4 is 5.32 Å². The number of hydrogen-bond donors (Lipinski definition) is 1. The second-order valence-corrected chi connectivity index (χ2v) is 19.8. The van der Waals surface area contributed by atoms with E-state index in [1.54, 1.807) is 11.8 Å². The topological polar surface area (TPSA) is 38.3 Å². The molecule has 0 heterocycles. The molecule has 1 atom stereocenters. The molecule has 0 aliphatic heterocycles. The number of carbonyl (C=O) groups is 1. The molecule has 0 amide bonds. The number of rotatable bonds is 42. The van der Waals surface area contributed by atoms with Gasteiger partial charge in [-0.05, 0) is 45.3 Å². The first-order chi connectivity index (χ1) is 24.5. The number of carbonyl (C=O) groups excluding carboxylic acids is 1. The highest BCUT2D eigenvalue weighted by atomic mass is 32.2. The van der Waals surface area contributed by atoms with Crippen LogP contribution in [0.25, 0.3) is 0 Å². The molecule has 0 aliphatic carbocycles. The van der Waals surface area contributed by atoms with E-state index in [2.05, 4.69) is 39.7 Å². The molecule has 0 saturated heterocycles. The average Bonchev–Trinajstić information content (AvgIpc) is 3.12. The smallest absolute Gasteiger partial charge is 0.188 e. The molecule has 0 rings (SSSR count). The summed E-state index contributed by atoms with van der Waals surface area (Å²) in [4.78, 5) is 12.3. The Balaban J connectivity index is 4.42. The molecule has 5 heteroatoms. The largest absolute Gasteiger partial charge is 0.418 e. The van der Waals surface area contributed by atoms with E-state index >= 15 is 0 Å². The van der Waals surface area contributed by atoms with Crippen molar-refractivity contribution in [1.82, 2.24) is 5.32 Å². The van der Waals surface area contributed by atoms with Gasteiger partial charge in [-0.2, -0.15) is 0 Å². The van der Waals surface area contributed by atoms with Gasteiger partial charge >= 0.3 is 0 Å². The van der Waals surface area contributed by atoms with Crippen LogP contribution >= 0.6 is 11.8 Å². The summed E-state index contributed by atoms with van der Waals surface area (Å²) in [6.45, 7) is 10.1. The average molecular weight is 740 g/mol. The maximum absolute atomic E-state index is 12.3. The standard InChI is InChI=1S/C45H93NO2SSi/c1-6-9-12-15-17-19-21-23-25-27-29-32-35-39-45(46-4,40-36-33-30-28-26-24-22-20-18-16-13-10-7-2)43-48-50(5)42-37-41-49-44(47)38-34-31-14-11-8-3/h46,50H,6-43H2,1-5H3. The van der Waals surface area contributed by atoms with Crippen LogP contribution in [0.15, 0.2) is 0 Å². The van der Waals surface area contributed by atoms with Gasteiger partial charge < -0.3 is 9.74 Å². The maximum Gasteiger partial charge on any atom is 0.188 e. The quantitative estimate of drug-likeness (QED) is 0.0500. The van der Waals surface area contributed by atoms with Crippen molar-refractivity contribution in [2.75, 3.05) is 19.4 Å². The van der Waals surface area contributed by atoms with Crippen LogP contribution in [0.5, 0.6) is 0 Å². The van der Waals surface area contributed by atoms with E-state index in [1.165, 1.54) is 212 Å². The molecule has 3 nitrogen and oxygen atoms in total. The Labute approximate surface area is 322 Å². The summed E-state index contributed by atoms with van der Waals surface area (Å²) >= 11 is 1.58. The molecule has 1 N–H and O–H groups in total. The van der Waals surface area contributed by atoms with Crippen molar-refractivity contribution in [2.24, 2.45) is 0 Å². The van der Waals surface area contributed by atoms with Gasteiger partial charge in [-0.3, -0.25) is 4.79 Å². The third kappa shape index (κ3) is 35.2. The van der Waals surface area contributed by atoms with Crippen molar-refractivity contribution in [3.63, 3.8) is 0 Å². The van der Waals surface area contributed by atoms with Crippen molar-refractivity contribution in [3.8, 4) is 0 Å². The molecule has 0 bridgehead atoms. The lowest BCUT2D eigenvalue weighted by Gasteiger charge is -2.35. The van der Waals surface area contributed by atoms with Crippen LogP contribution in [0.4, 0.5) is 0 Å². The summed E-state index contributed by atoms with van der Waals surface area (Å²) in [5, 5.41) is 4.22. The first-order valence-corrected chi connectivity index (χ1v) is 26.4. The van der Waals surface area contributed by atoms with Gasteiger partial charge in [0.15, 0.2) is 14.2 Å². The predicted molar refractivity (Wildman–Crippen MR) is 232 cm³/mol. The summed E-state index contributed by atoms with van der Waals surface area (Å²) in [7, 11) is 0.969. The van der Waals surface area contributed by atoms with Gasteiger partial charge in [-0.25, -0.2) is 0 Å². The third-order valence-electron chi connectivity index (χ3n) is 11.2. The predicted octanol–water partition coefficient (Wildman–Crippen LogP) is 15.3. The van der Waals surface area contributed by atoms with Gasteiger partial charge in [-0.15, -0.1) is 0 Å². The Kier molecular flexibility index (Phi) is 40.5. The van der Waals surface area contributed by atoms with Gasteiger partial charge in [0, 0.05) is 17.7 Å². The minimum Gasteiger partial charge on any atom is -0.418 e. The summed E-state index contributed by atoms with van der Waals surface area (Å²) in [5.74, 6) is 0.976. The number of hydrogen-bond acceptors (Lipinski definition) is 4. The summed E-state index contributed by atoms with van der Waals surface area (Å²) < 4.78 is 6.72. The van der Waals surface area contributed by atoms with Crippen molar-refractivity contribution in [1.29, 1.82) is 0 Å². The highest BCUT2D eigenvalue weighted by Gasteiger charge is 2.28. The Hall–Kier alpha value is 0.157. The molecule has 300 valence electrons. The Morgan fingerprint density at radius 1 is 0.520 bits per heavy atom. The zero-order valence-electron chi connectivity index (χ0n) is 35.2. The van der Waals surface area contributed by atoms with Crippen LogP contribution in [0, 0.1) is 0 Å². The van der Waals surface area contributed by atoms with Crippen LogP contribution in [-0.2, 0) is 9.22 Å². The highest BCUT2D eigenvalue weighted by molar-refractivity contribution is 8.13. The molecule has 0 aromatic carbocycles. The Bertz CT molecular complexity index is 647. The van der Waals surface area contributed by atoms with E-state index in [9.17, 15) is 4.79 Å². The highest BCUT2D eigenvalue weighted by Crippen LogP contribution is 2.25. The fraction of sp³-hybridized carbons (Fsp3) is 0.978. The van der Waals surface area contributed by atoms with Crippen LogP contribution in [0.1, 0.15) is 245 Å². The molecule has 1 unspecified atom stereocenters. The van der Waals surface area contributed by atoms with Gasteiger partial charge in [0.1, 0.15) is 0 Å². The number of nitrogens with one attached hydrogen (secondary N) is 1. The summed E-state index contributed by atoms with van der Waals surface area (Å²) in [6.07, 6.45) is 47.3. The fourth-order valence-electron chi connectivity index (χ4n) is 7.44. The van der Waals surface area contributed by atoms with E-state index < -0.39 is 9.04 Å². The first-order valence-electron chi connectivity index (χ1n) is 23.0. The lowest BCUT2D eigenvalue weighted by atomic mass is 9.87. The van der Waals surface area contributed by atoms with E-state index in [0.29, 0.717) is 5.12 Å². The molecule has 0 aromatic heterocycles. The molecule has 0 aliphatic rings. The molecule has 0 saturated carbocycles. The zero-order chi connectivity index (χ0) is 36.6. The maximum atomic E-state index is 12.3. The lowest BCUT2D eigenvalue weighted by molar-refractivity contribution is -0.111. The summed E-state index contributed by atoms with van der Waals surface area (Å²) in [5.41, 5.74) is 0.138. The van der Waals surface area contributed by atoms with Crippen LogP contribution in [0.2, 0.25) is 12.6 Å². The van der Waals surface area contributed by atoms with Crippen molar-refractivity contribution in [3.05, 3.63) is 0 Å². The molecular formula is C45H93NO2SSi. The van der Waals surface area contributed by atoms with Crippen molar-refractivity contribution < 1.29 is 9.22 Å². The lowest BCUT2D eigenvalue weighted by Crippen LogP contribution is -2.48. The second-order valence-electron chi connectivity index (χ2n) is 16.2. The van der Waals surface area contributed by atoms with E-state index in [-0.39, 0.29) is 5.54 Å². The van der Waals surface area contributed by atoms with Crippen LogP contribution in [0.3, 0.4) is 0 Å². The minimum atomic E-state index is -1.23. The molecule has 0 radical (unpaired) electrons. The molecule has 0 fully saturated rings. The van der Waals surface area contributed by atoms with E-state index in [1.807, 2.05) is 0 Å². The van der Waals surface area contributed by atoms with Gasteiger partial charge in [0.2, 0.25) is 0 Å². The van der Waals surface area contributed by atoms with Gasteiger partial charge in [0.25, 0.3) is 0 Å². The number of likely N-dealkylation sites (N-methyl/N-ethyl adjacent to an activating group) is 1. The number of unbranched alkanes of at least 4 members (excludes halogenated alkanes) is 28. The first kappa shape index (κ1) is 50.2. The van der Waals surface area contributed by atoms with Crippen molar-refractivity contribution >= 4 is 25.9 Å². The van der Waals surface area contributed by atoms with Crippen LogP contribution in [-0.4, -0.2) is 39.1 Å². The monoisotopic (exact) mass is 740 g/mol. The number of thioether (sulfide) groups is 1. The third-order valence-corrected chi connectivity index (χ3v) is 14.2. The van der Waals surface area contributed by atoms with Gasteiger partial charge in [0.05, 0.1) is 6.61 Å². The second kappa shape index (κ2) is 40.3. The fourth-order valence-corrected chi connectivity index (χ4v) is 10.1. The Morgan fingerprint density at radius 2 is 0.860 bits per heavy atom. The molecular weight excluding hydrogens is 647 g/mol. The minimum absolute atomic E-state index is 0.138. The SMILES string of the molecule is CCCCCCCCCCCCCCCC(CCCCCCCCCCCCCCC)(CO[SiH](C)CCCSC(=O)CCCCCCC)NC. The Morgan fingerprint density at radius 3 is 1.22 bits per heavy atom. The molecule has 50 heavy (non-hydrogen) atoms. The van der Waals surface area contributed by atoms with E-state index in [4.69, 9.17) is 4.43 Å². The molecule has 0 aromatic rings. The molecule has 0 spiro atoms. The summed E-state index contributed by atoms with van der Waals surface area (Å²) in [6, 6.07) is 1.19. The van der Waals surface area contributed by atoms with Crippen molar-refractivity contribution in [2.45, 2.75) is 264 Å². The zero-order valence-corrected chi connectivity index (χ0v) is 37.1.